The number of rotatable bonds is 3. The van der Waals surface area contributed by atoms with Crippen molar-refractivity contribution in [3.8, 4) is 11.5 Å². The highest BCUT2D eigenvalue weighted by Crippen LogP contribution is 2.52. The molecule has 2 aromatic rings. The first kappa shape index (κ1) is 18.6. The second-order valence-corrected chi connectivity index (χ2v) is 9.44. The zero-order valence-electron chi connectivity index (χ0n) is 15.4. The molecule has 6 nitrogen and oxygen atoms in total. The van der Waals surface area contributed by atoms with Gasteiger partial charge in [0.25, 0.3) is 0 Å². The van der Waals surface area contributed by atoms with Crippen LogP contribution in [0.3, 0.4) is 0 Å². The molecule has 4 unspecified atom stereocenters. The number of ether oxygens (including phenoxy) is 2. The molecule has 1 fully saturated rings. The van der Waals surface area contributed by atoms with Gasteiger partial charge in [0, 0.05) is 0 Å². The van der Waals surface area contributed by atoms with E-state index in [4.69, 9.17) is 9.47 Å². The lowest BCUT2D eigenvalue weighted by atomic mass is 9.98. The van der Waals surface area contributed by atoms with E-state index in [0.717, 1.165) is 39.7 Å². The van der Waals surface area contributed by atoms with E-state index in [9.17, 15) is 15.4 Å². The van der Waals surface area contributed by atoms with Crippen LogP contribution < -0.4 is 9.47 Å². The number of nitrogens with zero attached hydrogens (tertiary/aromatic N) is 1. The summed E-state index contributed by atoms with van der Waals surface area (Å²) in [6.45, 7) is 3.19. The highest BCUT2D eigenvalue weighted by molar-refractivity contribution is 8.17. The minimum Gasteiger partial charge on any atom is -0.486 e. The Morgan fingerprint density at radius 3 is 2.48 bits per heavy atom. The van der Waals surface area contributed by atoms with Crippen molar-refractivity contribution in [3.05, 3.63) is 58.7 Å². The second-order valence-electron chi connectivity index (χ2n) is 7.09. The van der Waals surface area contributed by atoms with Crippen molar-refractivity contribution in [2.45, 2.75) is 30.4 Å². The number of hydroxylamine groups is 2. The summed E-state index contributed by atoms with van der Waals surface area (Å²) in [6.07, 6.45) is 1.43. The fourth-order valence-corrected chi connectivity index (χ4v) is 5.69. The van der Waals surface area contributed by atoms with Crippen molar-refractivity contribution >= 4 is 10.9 Å². The highest BCUT2D eigenvalue weighted by Gasteiger charge is 2.43. The Kier molecular flexibility index (Phi) is 5.05. The molecule has 146 valence electrons. The molecule has 0 amide bonds. The molecule has 0 spiro atoms. The third-order valence-corrected chi connectivity index (χ3v) is 7.66. The van der Waals surface area contributed by atoms with Gasteiger partial charge in [-0.3, -0.25) is 0 Å². The smallest absolute Gasteiger partial charge is 0.164 e. The van der Waals surface area contributed by atoms with Gasteiger partial charge in [-0.1, -0.05) is 24.3 Å². The first-order chi connectivity index (χ1) is 13.0. The summed E-state index contributed by atoms with van der Waals surface area (Å²) in [5.41, 5.74) is 3.43. The Hall–Kier alpha value is -1.77. The van der Waals surface area contributed by atoms with Gasteiger partial charge in [0.2, 0.25) is 0 Å². The molecule has 0 bridgehead atoms. The largest absolute Gasteiger partial charge is 0.486 e. The van der Waals surface area contributed by atoms with Crippen molar-refractivity contribution in [2.24, 2.45) is 0 Å². The Labute approximate surface area is 161 Å². The topological polar surface area (TPSA) is 82.4 Å². The van der Waals surface area contributed by atoms with Gasteiger partial charge >= 0.3 is 0 Å². The molecule has 2 aromatic carbocycles. The number of aryl methyl sites for hydroxylation is 1. The maximum absolute atomic E-state index is 10.2. The molecule has 4 atom stereocenters. The molecule has 0 aromatic heterocycles. The summed E-state index contributed by atoms with van der Waals surface area (Å²) in [6, 6.07) is 12.1. The first-order valence-electron chi connectivity index (χ1n) is 8.99. The van der Waals surface area contributed by atoms with E-state index in [1.807, 2.05) is 43.5 Å². The Bertz CT molecular complexity index is 831. The number of aliphatic hydroxyl groups is 2. The number of aliphatic hydroxyl groups excluding tert-OH is 2. The van der Waals surface area contributed by atoms with Crippen LogP contribution in [-0.2, 0) is 6.42 Å². The van der Waals surface area contributed by atoms with Crippen LogP contribution in [0.25, 0.3) is 0 Å². The number of hydrogen-bond donors (Lipinski definition) is 4. The summed E-state index contributed by atoms with van der Waals surface area (Å²) in [5.74, 6) is 1.57. The van der Waals surface area contributed by atoms with Gasteiger partial charge in [0.1, 0.15) is 18.6 Å². The second kappa shape index (κ2) is 7.33. The van der Waals surface area contributed by atoms with E-state index in [0.29, 0.717) is 13.2 Å². The van der Waals surface area contributed by atoms with E-state index in [-0.39, 0.29) is 5.37 Å². The molecular formula is C20H25NO5S. The van der Waals surface area contributed by atoms with E-state index in [1.54, 1.807) is 0 Å². The summed E-state index contributed by atoms with van der Waals surface area (Å²) >= 11 is 0. The number of hydrogen-bond acceptors (Lipinski definition) is 6. The van der Waals surface area contributed by atoms with Gasteiger partial charge in [0.15, 0.2) is 17.7 Å². The van der Waals surface area contributed by atoms with Gasteiger partial charge < -0.3 is 24.9 Å². The first-order valence-corrected chi connectivity index (χ1v) is 10.9. The Morgan fingerprint density at radius 2 is 1.81 bits per heavy atom. The van der Waals surface area contributed by atoms with Crippen LogP contribution >= 0.6 is 10.9 Å². The molecule has 2 heterocycles. The van der Waals surface area contributed by atoms with Crippen LogP contribution in [0.5, 0.6) is 11.5 Å². The van der Waals surface area contributed by atoms with Gasteiger partial charge in [-0.15, -0.1) is 5.06 Å². The third-order valence-electron chi connectivity index (χ3n) is 5.26. The molecule has 2 aliphatic rings. The van der Waals surface area contributed by atoms with E-state index >= 15 is 0 Å². The quantitative estimate of drug-likeness (QED) is 0.601. The average Bonchev–Trinajstić information content (AvgIpc) is 2.86. The predicted molar refractivity (Wildman–Crippen MR) is 105 cm³/mol. The molecule has 27 heavy (non-hydrogen) atoms. The number of fused-ring (bicyclic) bond motifs is 1. The zero-order valence-corrected chi connectivity index (χ0v) is 16.3. The standard InChI is InChI=1S/C20H25NO5S/c1-12-9-15(19-21(24)18(22)20(23)27(19)2)5-4-14(12)10-13-3-6-16-17(11-13)26-8-7-25-16/h3-6,9,11,18-20,22-24,27H,7-8,10H2,1-2H3. The van der Waals surface area contributed by atoms with Crippen LogP contribution in [0.15, 0.2) is 36.4 Å². The van der Waals surface area contributed by atoms with Crippen molar-refractivity contribution in [1.82, 2.24) is 5.06 Å². The summed E-state index contributed by atoms with van der Waals surface area (Å²) in [5, 5.41) is 30.6. The number of thiol groups is 1. The van der Waals surface area contributed by atoms with Crippen molar-refractivity contribution < 1.29 is 24.9 Å². The Balaban J connectivity index is 1.56. The van der Waals surface area contributed by atoms with Crippen LogP contribution in [0.2, 0.25) is 0 Å². The monoisotopic (exact) mass is 391 g/mol. The van der Waals surface area contributed by atoms with Crippen molar-refractivity contribution in [2.75, 3.05) is 19.5 Å². The van der Waals surface area contributed by atoms with Gasteiger partial charge in [-0.25, -0.2) is 10.9 Å². The fourth-order valence-electron chi connectivity index (χ4n) is 3.71. The molecule has 0 saturated carbocycles. The lowest BCUT2D eigenvalue weighted by Crippen LogP contribution is -2.33. The van der Waals surface area contributed by atoms with Crippen molar-refractivity contribution in [1.29, 1.82) is 0 Å². The summed E-state index contributed by atoms with van der Waals surface area (Å²) < 4.78 is 11.2. The SMILES string of the molecule is Cc1cc(C2N(O)C(O)C(O)[SH]2C)ccc1Cc1ccc2c(c1)OCCO2. The molecule has 3 N–H and O–H groups in total. The Morgan fingerprint density at radius 1 is 1.07 bits per heavy atom. The van der Waals surface area contributed by atoms with Gasteiger partial charge in [-0.05, 0) is 54.0 Å². The highest BCUT2D eigenvalue weighted by atomic mass is 32.2. The third kappa shape index (κ3) is 3.41. The van der Waals surface area contributed by atoms with Gasteiger partial charge in [0.05, 0.1) is 5.37 Å². The zero-order chi connectivity index (χ0) is 19.1. The maximum atomic E-state index is 10.2. The van der Waals surface area contributed by atoms with Crippen LogP contribution in [-0.4, -0.2) is 51.6 Å². The summed E-state index contributed by atoms with van der Waals surface area (Å²) in [7, 11) is -0.970. The minimum atomic E-state index is -1.23. The van der Waals surface area contributed by atoms with Crippen LogP contribution in [0.1, 0.15) is 27.6 Å². The normalized spacial score (nSPS) is 29.1. The maximum Gasteiger partial charge on any atom is 0.164 e. The lowest BCUT2D eigenvalue weighted by Gasteiger charge is -2.25. The molecule has 1 saturated heterocycles. The van der Waals surface area contributed by atoms with Crippen molar-refractivity contribution in [3.63, 3.8) is 0 Å². The average molecular weight is 391 g/mol. The lowest BCUT2D eigenvalue weighted by molar-refractivity contribution is -0.210. The molecule has 0 radical (unpaired) electrons. The molecule has 7 heteroatoms. The van der Waals surface area contributed by atoms with Crippen LogP contribution in [0, 0.1) is 6.92 Å². The molecule has 0 aliphatic carbocycles. The molecular weight excluding hydrogens is 366 g/mol. The van der Waals surface area contributed by atoms with Crippen LogP contribution in [0.4, 0.5) is 0 Å². The minimum absolute atomic E-state index is 0.368. The van der Waals surface area contributed by atoms with Gasteiger partial charge in [-0.2, -0.15) is 0 Å². The van der Waals surface area contributed by atoms with E-state index in [1.165, 1.54) is 5.56 Å². The van der Waals surface area contributed by atoms with E-state index in [2.05, 4.69) is 6.07 Å². The fraction of sp³-hybridized carbons (Fsp3) is 0.400. The molecule has 4 rings (SSSR count). The van der Waals surface area contributed by atoms with E-state index < -0.39 is 22.6 Å². The predicted octanol–water partition coefficient (Wildman–Crippen LogP) is 2.33. The summed E-state index contributed by atoms with van der Waals surface area (Å²) in [4.78, 5) is 0. The number of benzene rings is 2. The molecule has 2 aliphatic heterocycles.